The van der Waals surface area contributed by atoms with Crippen molar-refractivity contribution >= 4 is 0 Å². The van der Waals surface area contributed by atoms with Gasteiger partial charge in [0.05, 0.1) is 17.4 Å². The summed E-state index contributed by atoms with van der Waals surface area (Å²) in [5.41, 5.74) is 8.61. The van der Waals surface area contributed by atoms with Crippen molar-refractivity contribution in [1.82, 2.24) is 9.78 Å². The summed E-state index contributed by atoms with van der Waals surface area (Å²) in [4.78, 5) is 0. The lowest BCUT2D eigenvalue weighted by molar-refractivity contribution is 0.191. The summed E-state index contributed by atoms with van der Waals surface area (Å²) in [6.07, 6.45) is 5.80. The molecule has 1 heterocycles. The van der Waals surface area contributed by atoms with E-state index >= 15 is 0 Å². The number of hydrogen-bond donors (Lipinski definition) is 1. The molecule has 0 bridgehead atoms. The largest absolute Gasteiger partial charge is 0.322 e. The fraction of sp³-hybridized carbons (Fsp3) is 0.500. The highest BCUT2D eigenvalue weighted by atomic mass is 15.3. The summed E-state index contributed by atoms with van der Waals surface area (Å²) < 4.78 is 1.92. The zero-order chi connectivity index (χ0) is 14.8. The third-order valence-electron chi connectivity index (χ3n) is 4.69. The van der Waals surface area contributed by atoms with E-state index in [1.165, 1.54) is 19.3 Å². The van der Waals surface area contributed by atoms with Crippen molar-refractivity contribution in [3.63, 3.8) is 0 Å². The van der Waals surface area contributed by atoms with Crippen LogP contribution in [0.15, 0.2) is 42.6 Å². The van der Waals surface area contributed by atoms with Crippen LogP contribution in [-0.2, 0) is 0 Å². The second-order valence-corrected chi connectivity index (χ2v) is 6.72. The van der Waals surface area contributed by atoms with E-state index in [1.54, 1.807) is 0 Å². The minimum Gasteiger partial charge on any atom is -0.322 e. The maximum atomic E-state index is 6.51. The molecule has 2 N–H and O–H groups in total. The van der Waals surface area contributed by atoms with Crippen LogP contribution < -0.4 is 5.73 Å². The minimum absolute atomic E-state index is 0.0557. The Labute approximate surface area is 127 Å². The van der Waals surface area contributed by atoms with Gasteiger partial charge in [-0.3, -0.25) is 0 Å². The van der Waals surface area contributed by atoms with Crippen molar-refractivity contribution in [2.75, 3.05) is 0 Å². The Bertz CT molecular complexity index is 565. The number of nitrogens with two attached hydrogens (primary N) is 1. The van der Waals surface area contributed by atoms with E-state index in [1.807, 2.05) is 29.1 Å². The summed E-state index contributed by atoms with van der Waals surface area (Å²) in [6.45, 7) is 4.69. The molecule has 112 valence electrons. The molecule has 1 saturated carbocycles. The van der Waals surface area contributed by atoms with Gasteiger partial charge < -0.3 is 5.73 Å². The van der Waals surface area contributed by atoms with E-state index in [9.17, 15) is 0 Å². The molecule has 1 aromatic carbocycles. The molecule has 3 heteroatoms. The van der Waals surface area contributed by atoms with Crippen molar-refractivity contribution in [2.24, 2.45) is 23.5 Å². The Hall–Kier alpha value is -1.61. The Kier molecular flexibility index (Phi) is 4.11. The molecule has 1 aliphatic carbocycles. The van der Waals surface area contributed by atoms with Crippen LogP contribution in [0.3, 0.4) is 0 Å². The molecule has 0 amide bonds. The Morgan fingerprint density at radius 1 is 1.05 bits per heavy atom. The third-order valence-corrected chi connectivity index (χ3v) is 4.69. The predicted molar refractivity (Wildman–Crippen MR) is 86.2 cm³/mol. The lowest BCUT2D eigenvalue weighted by atomic mass is 9.73. The van der Waals surface area contributed by atoms with Crippen molar-refractivity contribution < 1.29 is 0 Å². The van der Waals surface area contributed by atoms with Gasteiger partial charge in [-0.1, -0.05) is 32.0 Å². The first-order valence-electron chi connectivity index (χ1n) is 8.00. The van der Waals surface area contributed by atoms with E-state index in [4.69, 9.17) is 10.8 Å². The Morgan fingerprint density at radius 2 is 1.71 bits per heavy atom. The number of hydrogen-bond acceptors (Lipinski definition) is 2. The highest BCUT2D eigenvalue weighted by Gasteiger charge is 2.29. The number of rotatable bonds is 3. The highest BCUT2D eigenvalue weighted by Crippen LogP contribution is 2.38. The molecule has 2 aromatic rings. The van der Waals surface area contributed by atoms with Gasteiger partial charge in [0.2, 0.25) is 0 Å². The molecule has 3 atom stereocenters. The highest BCUT2D eigenvalue weighted by molar-refractivity contribution is 5.30. The van der Waals surface area contributed by atoms with Gasteiger partial charge >= 0.3 is 0 Å². The topological polar surface area (TPSA) is 43.8 Å². The van der Waals surface area contributed by atoms with Gasteiger partial charge in [0, 0.05) is 6.20 Å². The summed E-state index contributed by atoms with van der Waals surface area (Å²) >= 11 is 0. The molecule has 3 nitrogen and oxygen atoms in total. The minimum atomic E-state index is 0.0557. The van der Waals surface area contributed by atoms with Gasteiger partial charge in [-0.2, -0.15) is 5.10 Å². The van der Waals surface area contributed by atoms with Crippen LogP contribution in [0, 0.1) is 17.8 Å². The van der Waals surface area contributed by atoms with Gasteiger partial charge in [-0.25, -0.2) is 4.68 Å². The van der Waals surface area contributed by atoms with Crippen LogP contribution >= 0.6 is 0 Å². The summed E-state index contributed by atoms with van der Waals surface area (Å²) in [7, 11) is 0. The Balaban J connectivity index is 1.76. The number of para-hydroxylation sites is 1. The number of nitrogens with zero attached hydrogens (tertiary/aromatic N) is 2. The van der Waals surface area contributed by atoms with E-state index in [0.717, 1.165) is 23.2 Å². The van der Waals surface area contributed by atoms with Crippen molar-refractivity contribution in [2.45, 2.75) is 39.2 Å². The van der Waals surface area contributed by atoms with Crippen molar-refractivity contribution in [3.05, 3.63) is 48.3 Å². The molecule has 3 rings (SSSR count). The smallest absolute Gasteiger partial charge is 0.0799 e. The van der Waals surface area contributed by atoms with E-state index < -0.39 is 0 Å². The average molecular weight is 283 g/mol. The number of benzene rings is 1. The first kappa shape index (κ1) is 14.3. The van der Waals surface area contributed by atoms with Crippen LogP contribution in [-0.4, -0.2) is 9.78 Å². The quantitative estimate of drug-likeness (QED) is 0.927. The van der Waals surface area contributed by atoms with Crippen molar-refractivity contribution in [3.8, 4) is 5.69 Å². The van der Waals surface area contributed by atoms with Crippen LogP contribution in [0.25, 0.3) is 5.69 Å². The van der Waals surface area contributed by atoms with Gasteiger partial charge in [-0.05, 0) is 55.2 Å². The first-order valence-corrected chi connectivity index (χ1v) is 8.00. The van der Waals surface area contributed by atoms with Gasteiger partial charge in [0.15, 0.2) is 0 Å². The zero-order valence-corrected chi connectivity index (χ0v) is 12.9. The maximum absolute atomic E-state index is 6.51. The first-order chi connectivity index (χ1) is 10.1. The molecule has 1 aromatic heterocycles. The van der Waals surface area contributed by atoms with Gasteiger partial charge in [0.25, 0.3) is 0 Å². The van der Waals surface area contributed by atoms with E-state index in [-0.39, 0.29) is 6.04 Å². The maximum Gasteiger partial charge on any atom is 0.0799 e. The second-order valence-electron chi connectivity index (χ2n) is 6.72. The number of aromatic nitrogens is 2. The molecular weight excluding hydrogens is 258 g/mol. The summed E-state index contributed by atoms with van der Waals surface area (Å²) in [5.74, 6) is 2.12. The van der Waals surface area contributed by atoms with Gasteiger partial charge in [-0.15, -0.1) is 0 Å². The molecule has 21 heavy (non-hydrogen) atoms. The SMILES string of the molecule is CC1CC(C)CC(C(N)c2ccn(-c3ccccc3)n2)C1. The van der Waals surface area contributed by atoms with Crippen molar-refractivity contribution in [1.29, 1.82) is 0 Å². The van der Waals surface area contributed by atoms with Crippen LogP contribution in [0.1, 0.15) is 44.8 Å². The monoisotopic (exact) mass is 283 g/mol. The fourth-order valence-corrected chi connectivity index (χ4v) is 3.78. The molecule has 3 unspecified atom stereocenters. The Morgan fingerprint density at radius 3 is 2.38 bits per heavy atom. The lowest BCUT2D eigenvalue weighted by Gasteiger charge is -2.34. The van der Waals surface area contributed by atoms with Crippen LogP contribution in [0.2, 0.25) is 0 Å². The third kappa shape index (κ3) is 3.18. The fourth-order valence-electron chi connectivity index (χ4n) is 3.78. The normalized spacial score (nSPS) is 27.5. The summed E-state index contributed by atoms with van der Waals surface area (Å²) in [5, 5.41) is 4.70. The van der Waals surface area contributed by atoms with E-state index in [0.29, 0.717) is 5.92 Å². The van der Waals surface area contributed by atoms with Gasteiger partial charge in [0.1, 0.15) is 0 Å². The molecular formula is C18H25N3. The van der Waals surface area contributed by atoms with Crippen LogP contribution in [0.5, 0.6) is 0 Å². The van der Waals surface area contributed by atoms with Crippen LogP contribution in [0.4, 0.5) is 0 Å². The second kappa shape index (κ2) is 6.02. The molecule has 0 aliphatic heterocycles. The molecule has 0 spiro atoms. The van der Waals surface area contributed by atoms with E-state index in [2.05, 4.69) is 32.0 Å². The summed E-state index contributed by atoms with van der Waals surface area (Å²) in [6, 6.07) is 12.3. The standard InChI is InChI=1S/C18H25N3/c1-13-10-14(2)12-15(11-13)18(19)17-8-9-21(20-17)16-6-4-3-5-7-16/h3-9,13-15,18H,10-12,19H2,1-2H3. The zero-order valence-electron chi connectivity index (χ0n) is 12.9. The predicted octanol–water partition coefficient (Wildman–Crippen LogP) is 3.94. The molecule has 1 aliphatic rings. The average Bonchev–Trinajstić information content (AvgIpc) is 2.96. The molecule has 1 fully saturated rings. The molecule has 0 radical (unpaired) electrons. The molecule has 0 saturated heterocycles. The lowest BCUT2D eigenvalue weighted by Crippen LogP contribution is -2.29.